The van der Waals surface area contributed by atoms with E-state index in [-0.39, 0.29) is 0 Å². The van der Waals surface area contributed by atoms with Crippen molar-refractivity contribution in [2.75, 3.05) is 21.3 Å². The molecule has 0 amide bonds. The maximum atomic E-state index is 5.37. The maximum Gasteiger partial charge on any atom is 0.129 e. The van der Waals surface area contributed by atoms with Crippen LogP contribution in [-0.4, -0.2) is 21.3 Å². The molecule has 2 aromatic carbocycles. The summed E-state index contributed by atoms with van der Waals surface area (Å²) in [6.45, 7) is 0. The summed E-state index contributed by atoms with van der Waals surface area (Å²) in [7, 11) is 4.96. The van der Waals surface area contributed by atoms with Crippen molar-refractivity contribution in [3.05, 3.63) is 53.6 Å². The maximum absolute atomic E-state index is 5.37. The minimum Gasteiger partial charge on any atom is -0.496 e. The van der Waals surface area contributed by atoms with E-state index >= 15 is 0 Å². The van der Waals surface area contributed by atoms with Crippen LogP contribution in [0.4, 0.5) is 0 Å². The van der Waals surface area contributed by atoms with E-state index in [1.54, 1.807) is 21.3 Å². The van der Waals surface area contributed by atoms with Gasteiger partial charge in [0.05, 0.1) is 26.9 Å². The molecule has 0 aliphatic carbocycles. The van der Waals surface area contributed by atoms with Crippen molar-refractivity contribution in [1.29, 1.82) is 0 Å². The number of para-hydroxylation sites is 1. The molecule has 0 saturated carbocycles. The molecular weight excluding hydrogens is 252 g/mol. The van der Waals surface area contributed by atoms with Crippen LogP contribution in [-0.2, 0) is 0 Å². The number of hydrogen-bond donors (Lipinski definition) is 0. The van der Waals surface area contributed by atoms with Crippen LogP contribution in [0.15, 0.2) is 42.5 Å². The van der Waals surface area contributed by atoms with Crippen molar-refractivity contribution in [1.82, 2.24) is 0 Å². The van der Waals surface area contributed by atoms with Gasteiger partial charge in [-0.3, -0.25) is 0 Å². The summed E-state index contributed by atoms with van der Waals surface area (Å²) in [5.41, 5.74) is 1.91. The lowest BCUT2D eigenvalue weighted by Crippen LogP contribution is -1.92. The van der Waals surface area contributed by atoms with Gasteiger partial charge in [-0.15, -0.1) is 0 Å². The Balaban J connectivity index is 2.40. The molecule has 0 aromatic heterocycles. The van der Waals surface area contributed by atoms with Gasteiger partial charge in [0.2, 0.25) is 0 Å². The number of benzene rings is 2. The quantitative estimate of drug-likeness (QED) is 0.772. The summed E-state index contributed by atoms with van der Waals surface area (Å²) >= 11 is 0. The molecule has 0 aliphatic heterocycles. The first-order chi connectivity index (χ1) is 9.80. The number of methoxy groups -OCH3 is 3. The largest absolute Gasteiger partial charge is 0.496 e. The van der Waals surface area contributed by atoms with E-state index in [1.165, 1.54) is 0 Å². The van der Waals surface area contributed by atoms with E-state index < -0.39 is 0 Å². The fourth-order valence-corrected chi connectivity index (χ4v) is 2.02. The Kier molecular flexibility index (Phi) is 4.66. The Morgan fingerprint density at radius 1 is 0.650 bits per heavy atom. The lowest BCUT2D eigenvalue weighted by atomic mass is 10.1. The molecule has 0 radical (unpaired) electrons. The standard InChI is InChI=1S/C17H18O3/c1-18-15-8-5-4-7-13(15)11-12-14-16(19-2)9-6-10-17(14)20-3/h4-12H,1-3H3/b12-11+. The molecule has 104 valence electrons. The summed E-state index contributed by atoms with van der Waals surface area (Å²) < 4.78 is 16.1. The van der Waals surface area contributed by atoms with E-state index in [1.807, 2.05) is 54.6 Å². The molecule has 20 heavy (non-hydrogen) atoms. The number of hydrogen-bond acceptors (Lipinski definition) is 3. The fourth-order valence-electron chi connectivity index (χ4n) is 2.02. The molecule has 0 atom stereocenters. The normalized spacial score (nSPS) is 10.6. The zero-order chi connectivity index (χ0) is 14.4. The van der Waals surface area contributed by atoms with E-state index in [2.05, 4.69) is 0 Å². The Bertz CT molecular complexity index is 581. The van der Waals surface area contributed by atoms with E-state index in [0.717, 1.165) is 28.4 Å². The molecule has 0 saturated heterocycles. The summed E-state index contributed by atoms with van der Waals surface area (Å²) in [4.78, 5) is 0. The summed E-state index contributed by atoms with van der Waals surface area (Å²) in [5, 5.41) is 0. The van der Waals surface area contributed by atoms with E-state index in [4.69, 9.17) is 14.2 Å². The molecule has 0 unspecified atom stereocenters. The SMILES string of the molecule is COc1ccccc1/C=C/c1c(OC)cccc1OC. The molecule has 0 bridgehead atoms. The fraction of sp³-hybridized carbons (Fsp3) is 0.176. The van der Waals surface area contributed by atoms with Crippen LogP contribution >= 0.6 is 0 Å². The minimum atomic E-state index is 0.774. The summed E-state index contributed by atoms with van der Waals surface area (Å²) in [6, 6.07) is 13.6. The van der Waals surface area contributed by atoms with Crippen molar-refractivity contribution < 1.29 is 14.2 Å². The highest BCUT2D eigenvalue weighted by molar-refractivity contribution is 5.77. The van der Waals surface area contributed by atoms with Crippen LogP contribution in [0, 0.1) is 0 Å². The van der Waals surface area contributed by atoms with Crippen LogP contribution in [0.3, 0.4) is 0 Å². The van der Waals surface area contributed by atoms with Gasteiger partial charge >= 0.3 is 0 Å². The third kappa shape index (κ3) is 2.94. The van der Waals surface area contributed by atoms with Crippen LogP contribution in [0.5, 0.6) is 17.2 Å². The summed E-state index contributed by atoms with van der Waals surface area (Å²) in [6.07, 6.45) is 3.95. The third-order valence-electron chi connectivity index (χ3n) is 3.03. The summed E-state index contributed by atoms with van der Waals surface area (Å²) in [5.74, 6) is 2.38. The molecule has 0 heterocycles. The Hall–Kier alpha value is -2.42. The van der Waals surface area contributed by atoms with Crippen LogP contribution < -0.4 is 14.2 Å². The van der Waals surface area contributed by atoms with E-state index in [0.29, 0.717) is 0 Å². The van der Waals surface area contributed by atoms with Crippen molar-refractivity contribution in [3.63, 3.8) is 0 Å². The van der Waals surface area contributed by atoms with Gasteiger partial charge in [0.25, 0.3) is 0 Å². The highest BCUT2D eigenvalue weighted by Crippen LogP contribution is 2.31. The van der Waals surface area contributed by atoms with Crippen LogP contribution in [0.2, 0.25) is 0 Å². The van der Waals surface area contributed by atoms with E-state index in [9.17, 15) is 0 Å². The molecule has 0 spiro atoms. The number of ether oxygens (including phenoxy) is 3. The predicted molar refractivity (Wildman–Crippen MR) is 81.5 cm³/mol. The third-order valence-corrected chi connectivity index (χ3v) is 3.03. The first kappa shape index (κ1) is 14.0. The monoisotopic (exact) mass is 270 g/mol. The van der Waals surface area contributed by atoms with Crippen molar-refractivity contribution in [2.45, 2.75) is 0 Å². The van der Waals surface area contributed by atoms with Gasteiger partial charge in [-0.25, -0.2) is 0 Å². The molecule has 2 aromatic rings. The Labute approximate surface area is 119 Å². The molecular formula is C17H18O3. The van der Waals surface area contributed by atoms with Gasteiger partial charge in [-0.05, 0) is 24.3 Å². The number of rotatable bonds is 5. The zero-order valence-corrected chi connectivity index (χ0v) is 11.9. The van der Waals surface area contributed by atoms with Gasteiger partial charge in [0, 0.05) is 5.56 Å². The second kappa shape index (κ2) is 6.66. The van der Waals surface area contributed by atoms with Crippen LogP contribution in [0.25, 0.3) is 12.2 Å². The van der Waals surface area contributed by atoms with Crippen molar-refractivity contribution in [2.24, 2.45) is 0 Å². The van der Waals surface area contributed by atoms with Gasteiger partial charge in [0.15, 0.2) is 0 Å². The second-order valence-electron chi connectivity index (χ2n) is 4.15. The lowest BCUT2D eigenvalue weighted by Gasteiger charge is -2.10. The lowest BCUT2D eigenvalue weighted by molar-refractivity contribution is 0.392. The highest BCUT2D eigenvalue weighted by atomic mass is 16.5. The molecule has 2 rings (SSSR count). The highest BCUT2D eigenvalue weighted by Gasteiger charge is 2.06. The average molecular weight is 270 g/mol. The Morgan fingerprint density at radius 3 is 1.80 bits per heavy atom. The van der Waals surface area contributed by atoms with Crippen molar-refractivity contribution >= 4 is 12.2 Å². The minimum absolute atomic E-state index is 0.774. The molecule has 3 heteroatoms. The second-order valence-corrected chi connectivity index (χ2v) is 4.15. The predicted octanol–water partition coefficient (Wildman–Crippen LogP) is 3.88. The van der Waals surface area contributed by atoms with Crippen LogP contribution in [0.1, 0.15) is 11.1 Å². The Morgan fingerprint density at radius 2 is 1.20 bits per heavy atom. The van der Waals surface area contributed by atoms with Gasteiger partial charge in [-0.2, -0.15) is 0 Å². The van der Waals surface area contributed by atoms with Gasteiger partial charge in [-0.1, -0.05) is 30.3 Å². The zero-order valence-electron chi connectivity index (χ0n) is 11.9. The molecule has 0 fully saturated rings. The van der Waals surface area contributed by atoms with Gasteiger partial charge < -0.3 is 14.2 Å². The molecule has 3 nitrogen and oxygen atoms in total. The first-order valence-corrected chi connectivity index (χ1v) is 6.32. The molecule has 0 aliphatic rings. The first-order valence-electron chi connectivity index (χ1n) is 6.32. The topological polar surface area (TPSA) is 27.7 Å². The van der Waals surface area contributed by atoms with Crippen molar-refractivity contribution in [3.8, 4) is 17.2 Å². The molecule has 0 N–H and O–H groups in total. The smallest absolute Gasteiger partial charge is 0.129 e. The average Bonchev–Trinajstić information content (AvgIpc) is 2.52. The van der Waals surface area contributed by atoms with Gasteiger partial charge in [0.1, 0.15) is 17.2 Å².